The van der Waals surface area contributed by atoms with Crippen molar-refractivity contribution in [2.75, 3.05) is 0 Å². The summed E-state index contributed by atoms with van der Waals surface area (Å²) >= 11 is 0. The minimum Gasteiger partial charge on any atom is -0.327 e. The molecule has 0 aliphatic carbocycles. The maximum Gasteiger partial charge on any atom is 0.0102 e. The Balaban J connectivity index is 3.03. The van der Waals surface area contributed by atoms with Gasteiger partial charge < -0.3 is 5.73 Å². The Morgan fingerprint density at radius 3 is 1.60 bits per heavy atom. The second-order valence-corrected chi connectivity index (χ2v) is 8.71. The summed E-state index contributed by atoms with van der Waals surface area (Å²) in [5.41, 5.74) is 9.41. The summed E-state index contributed by atoms with van der Waals surface area (Å²) in [5, 5.41) is 0. The van der Waals surface area contributed by atoms with E-state index in [9.17, 15) is 0 Å². The zero-order valence-electron chi connectivity index (χ0n) is 14.7. The van der Waals surface area contributed by atoms with E-state index in [1.54, 1.807) is 0 Å². The van der Waals surface area contributed by atoms with Gasteiger partial charge in [-0.2, -0.15) is 0 Å². The smallest absolute Gasteiger partial charge is 0.0102 e. The molecule has 2 N–H and O–H groups in total. The van der Waals surface area contributed by atoms with Gasteiger partial charge in [-0.25, -0.2) is 0 Å². The normalized spacial score (nSPS) is 15.2. The van der Waals surface area contributed by atoms with Crippen molar-refractivity contribution < 1.29 is 0 Å². The lowest BCUT2D eigenvalue weighted by Gasteiger charge is -2.34. The van der Waals surface area contributed by atoms with Crippen LogP contribution >= 0.6 is 0 Å². The van der Waals surface area contributed by atoms with Crippen molar-refractivity contribution in [1.82, 2.24) is 0 Å². The molecule has 0 aliphatic rings. The van der Waals surface area contributed by atoms with Crippen molar-refractivity contribution in [1.29, 1.82) is 0 Å². The minimum absolute atomic E-state index is 0.0205. The molecule has 0 bridgehead atoms. The molecule has 0 spiro atoms. The fourth-order valence-electron chi connectivity index (χ4n) is 3.04. The van der Waals surface area contributed by atoms with Crippen molar-refractivity contribution in [3.8, 4) is 0 Å². The van der Waals surface area contributed by atoms with Crippen LogP contribution in [0.1, 0.15) is 72.9 Å². The van der Waals surface area contributed by atoms with Gasteiger partial charge in [-0.15, -0.1) is 0 Å². The number of rotatable bonds is 4. The predicted molar refractivity (Wildman–Crippen MR) is 90.2 cm³/mol. The van der Waals surface area contributed by atoms with Gasteiger partial charge in [-0.3, -0.25) is 0 Å². The Morgan fingerprint density at radius 1 is 0.850 bits per heavy atom. The minimum atomic E-state index is 0.0205. The number of hydrogen-bond acceptors (Lipinski definition) is 1. The average molecular weight is 275 g/mol. The molecule has 0 amide bonds. The highest BCUT2D eigenvalue weighted by Crippen LogP contribution is 2.37. The summed E-state index contributed by atoms with van der Waals surface area (Å²) in [6.07, 6.45) is 1.18. The van der Waals surface area contributed by atoms with Crippen LogP contribution in [-0.2, 0) is 10.8 Å². The maximum absolute atomic E-state index is 6.11. The molecular weight excluding hydrogens is 242 g/mol. The molecular formula is C19H33N. The van der Waals surface area contributed by atoms with E-state index in [2.05, 4.69) is 79.7 Å². The zero-order chi connectivity index (χ0) is 15.8. The summed E-state index contributed by atoms with van der Waals surface area (Å²) < 4.78 is 0. The lowest BCUT2D eigenvalue weighted by molar-refractivity contribution is 0.284. The van der Waals surface area contributed by atoms with E-state index in [1.807, 2.05) is 0 Å². The van der Waals surface area contributed by atoms with Crippen LogP contribution in [-0.4, -0.2) is 6.04 Å². The highest BCUT2D eigenvalue weighted by Gasteiger charge is 2.29. The highest BCUT2D eigenvalue weighted by atomic mass is 14.7. The standard InChI is InChI=1S/C19H33N/c1-14(20)19(7,8)16-11-9-15(10-12-16)18(5,6)13-17(2,3)4/h9-12,14H,13,20H2,1-8H3. The Morgan fingerprint density at radius 2 is 1.25 bits per heavy atom. The first-order valence-corrected chi connectivity index (χ1v) is 7.73. The van der Waals surface area contributed by atoms with E-state index in [4.69, 9.17) is 5.73 Å². The van der Waals surface area contributed by atoms with Gasteiger partial charge in [0.1, 0.15) is 0 Å². The molecule has 0 saturated carbocycles. The topological polar surface area (TPSA) is 26.0 Å². The number of hydrogen-bond donors (Lipinski definition) is 1. The third-order valence-corrected chi connectivity index (χ3v) is 4.52. The molecule has 1 heteroatoms. The molecule has 0 saturated heterocycles. The first-order chi connectivity index (χ1) is 8.86. The maximum atomic E-state index is 6.11. The van der Waals surface area contributed by atoms with E-state index in [0.29, 0.717) is 5.41 Å². The van der Waals surface area contributed by atoms with Crippen LogP contribution in [0, 0.1) is 5.41 Å². The Bertz CT molecular complexity index is 430. The molecule has 1 atom stereocenters. The third-order valence-electron chi connectivity index (χ3n) is 4.52. The van der Waals surface area contributed by atoms with Crippen molar-refractivity contribution in [3.63, 3.8) is 0 Å². The molecule has 1 aromatic rings. The van der Waals surface area contributed by atoms with Crippen LogP contribution in [0.4, 0.5) is 0 Å². The predicted octanol–water partition coefficient (Wildman–Crippen LogP) is 5.03. The van der Waals surface area contributed by atoms with Crippen LogP contribution in [0.3, 0.4) is 0 Å². The van der Waals surface area contributed by atoms with Crippen LogP contribution in [0.2, 0.25) is 0 Å². The Labute approximate surface area is 126 Å². The van der Waals surface area contributed by atoms with Crippen molar-refractivity contribution in [3.05, 3.63) is 35.4 Å². The zero-order valence-corrected chi connectivity index (χ0v) is 14.7. The monoisotopic (exact) mass is 275 g/mol. The summed E-state index contributed by atoms with van der Waals surface area (Å²) in [5.74, 6) is 0. The summed E-state index contributed by atoms with van der Waals surface area (Å²) in [6.45, 7) is 18.1. The Kier molecular flexibility index (Phi) is 4.76. The van der Waals surface area contributed by atoms with Gasteiger partial charge in [-0.05, 0) is 35.3 Å². The molecule has 1 aromatic carbocycles. The van der Waals surface area contributed by atoms with E-state index in [-0.39, 0.29) is 16.9 Å². The molecule has 0 fully saturated rings. The van der Waals surface area contributed by atoms with Crippen LogP contribution in [0.5, 0.6) is 0 Å². The molecule has 114 valence electrons. The highest BCUT2D eigenvalue weighted by molar-refractivity contribution is 5.33. The van der Waals surface area contributed by atoms with Crippen LogP contribution in [0.15, 0.2) is 24.3 Å². The summed E-state index contributed by atoms with van der Waals surface area (Å²) in [4.78, 5) is 0. The molecule has 0 aliphatic heterocycles. The number of nitrogens with two attached hydrogens (primary N) is 1. The fraction of sp³-hybridized carbons (Fsp3) is 0.684. The average Bonchev–Trinajstić information content (AvgIpc) is 2.25. The van der Waals surface area contributed by atoms with Gasteiger partial charge in [0.05, 0.1) is 0 Å². The molecule has 0 radical (unpaired) electrons. The van der Waals surface area contributed by atoms with Gasteiger partial charge in [-0.1, -0.05) is 72.7 Å². The van der Waals surface area contributed by atoms with E-state index >= 15 is 0 Å². The molecule has 0 aromatic heterocycles. The molecule has 0 heterocycles. The van der Waals surface area contributed by atoms with Crippen molar-refractivity contribution in [2.45, 2.75) is 78.7 Å². The summed E-state index contributed by atoms with van der Waals surface area (Å²) in [6, 6.07) is 9.22. The van der Waals surface area contributed by atoms with E-state index in [1.165, 1.54) is 17.5 Å². The van der Waals surface area contributed by atoms with E-state index in [0.717, 1.165) is 0 Å². The fourth-order valence-corrected chi connectivity index (χ4v) is 3.04. The van der Waals surface area contributed by atoms with Gasteiger partial charge in [0.25, 0.3) is 0 Å². The second kappa shape index (κ2) is 5.52. The molecule has 20 heavy (non-hydrogen) atoms. The lowest BCUT2D eigenvalue weighted by Crippen LogP contribution is -2.38. The van der Waals surface area contributed by atoms with Gasteiger partial charge in [0.2, 0.25) is 0 Å². The van der Waals surface area contributed by atoms with Crippen molar-refractivity contribution >= 4 is 0 Å². The number of benzene rings is 1. The Hall–Kier alpha value is -0.820. The van der Waals surface area contributed by atoms with E-state index < -0.39 is 0 Å². The second-order valence-electron chi connectivity index (χ2n) is 8.71. The van der Waals surface area contributed by atoms with Gasteiger partial charge in [0.15, 0.2) is 0 Å². The molecule has 1 unspecified atom stereocenters. The quantitative estimate of drug-likeness (QED) is 0.820. The lowest BCUT2D eigenvalue weighted by atomic mass is 9.71. The van der Waals surface area contributed by atoms with Crippen LogP contribution < -0.4 is 5.73 Å². The van der Waals surface area contributed by atoms with Gasteiger partial charge in [0, 0.05) is 11.5 Å². The summed E-state index contributed by atoms with van der Waals surface area (Å²) in [7, 11) is 0. The SMILES string of the molecule is CC(N)C(C)(C)c1ccc(C(C)(C)CC(C)(C)C)cc1. The molecule has 1 nitrogen and oxygen atoms in total. The third kappa shape index (κ3) is 4.09. The first-order valence-electron chi connectivity index (χ1n) is 7.73. The van der Waals surface area contributed by atoms with Crippen molar-refractivity contribution in [2.24, 2.45) is 11.1 Å². The largest absolute Gasteiger partial charge is 0.327 e. The first kappa shape index (κ1) is 17.2. The van der Waals surface area contributed by atoms with Crippen LogP contribution in [0.25, 0.3) is 0 Å². The van der Waals surface area contributed by atoms with Gasteiger partial charge >= 0.3 is 0 Å². The molecule has 1 rings (SSSR count).